The molecule has 0 radical (unpaired) electrons. The molecular weight excluding hydrogens is 206 g/mol. The van der Waals surface area contributed by atoms with Crippen LogP contribution in [0.25, 0.3) is 0 Å². The van der Waals surface area contributed by atoms with E-state index < -0.39 is 0 Å². The molecule has 17 heavy (non-hydrogen) atoms. The molecule has 0 bridgehead atoms. The zero-order chi connectivity index (χ0) is 12.5. The monoisotopic (exact) mass is 235 g/mol. The first-order chi connectivity index (χ1) is 8.07. The van der Waals surface area contributed by atoms with Gasteiger partial charge in [-0.25, -0.2) is 0 Å². The van der Waals surface area contributed by atoms with Gasteiger partial charge in [-0.15, -0.1) is 0 Å². The maximum Gasteiger partial charge on any atom is 0.0732 e. The van der Waals surface area contributed by atoms with E-state index in [0.29, 0.717) is 5.41 Å². The van der Waals surface area contributed by atoms with Gasteiger partial charge in [0.25, 0.3) is 0 Å². The maximum atomic E-state index is 3.90. The topological polar surface area (TPSA) is 16.6 Å². The lowest BCUT2D eigenvalue weighted by atomic mass is 9.72. The van der Waals surface area contributed by atoms with Crippen molar-refractivity contribution in [1.29, 1.82) is 0 Å². The molecule has 1 heteroatoms. The smallest absolute Gasteiger partial charge is 0.0732 e. The van der Waals surface area contributed by atoms with Crippen LogP contribution in [0.3, 0.4) is 0 Å². The van der Waals surface area contributed by atoms with Crippen LogP contribution in [0.5, 0.6) is 0 Å². The minimum atomic E-state index is 0.595. The van der Waals surface area contributed by atoms with Crippen LogP contribution in [0.2, 0.25) is 0 Å². The van der Waals surface area contributed by atoms with Gasteiger partial charge in [0, 0.05) is 0 Å². The fourth-order valence-corrected chi connectivity index (χ4v) is 4.14. The quantitative estimate of drug-likeness (QED) is 0.572. The lowest BCUT2D eigenvalue weighted by molar-refractivity contribution is -0.587. The number of rotatable bonds is 3. The first-order valence-electron chi connectivity index (χ1n) is 7.37. The zero-order valence-electron chi connectivity index (χ0n) is 11.8. The highest BCUT2D eigenvalue weighted by molar-refractivity contribution is 5.14. The van der Waals surface area contributed by atoms with E-state index in [-0.39, 0.29) is 0 Å². The summed E-state index contributed by atoms with van der Waals surface area (Å²) in [6, 6.07) is 0. The summed E-state index contributed by atoms with van der Waals surface area (Å²) in [7, 11) is 3.90. The Morgan fingerprint density at radius 2 is 2.24 bits per heavy atom. The van der Waals surface area contributed by atoms with E-state index >= 15 is 0 Å². The summed E-state index contributed by atoms with van der Waals surface area (Å²) in [6.07, 6.45) is 9.65. The summed E-state index contributed by atoms with van der Waals surface area (Å²) in [6.45, 7) is 8.45. The van der Waals surface area contributed by atoms with Crippen LogP contribution >= 0.6 is 0 Å². The first kappa shape index (κ1) is 13.1. The summed E-state index contributed by atoms with van der Waals surface area (Å²) >= 11 is 0. The van der Waals surface area contributed by atoms with E-state index in [1.54, 1.807) is 5.57 Å². The standard InChI is InChI=1S/C16H29N/c1-12(2)14-7-9-16(3)8-5-6-13(11-17-4)10-15(14)16/h10,12,14-15H,4-9,11,17H2,1-3H3/t14-,15-,16+/m1/s1. The normalized spacial score (nSPS) is 37.8. The van der Waals surface area contributed by atoms with Crippen molar-refractivity contribution >= 4 is 0 Å². The molecule has 1 nitrogen and oxygen atoms in total. The average Bonchev–Trinajstić information content (AvgIpc) is 2.49. The maximum absolute atomic E-state index is 3.90. The van der Waals surface area contributed by atoms with Crippen LogP contribution in [0, 0.1) is 30.2 Å². The Labute approximate surface area is 107 Å². The lowest BCUT2D eigenvalue weighted by Crippen LogP contribution is -2.77. The molecule has 0 heterocycles. The summed E-state index contributed by atoms with van der Waals surface area (Å²) < 4.78 is 0. The van der Waals surface area contributed by atoms with Crippen LogP contribution in [0.4, 0.5) is 0 Å². The second-order valence-electron chi connectivity index (χ2n) is 6.80. The van der Waals surface area contributed by atoms with E-state index in [9.17, 15) is 0 Å². The number of hydrogen-bond donors (Lipinski definition) is 1. The van der Waals surface area contributed by atoms with E-state index in [2.05, 4.69) is 39.2 Å². The Morgan fingerprint density at radius 3 is 2.88 bits per heavy atom. The van der Waals surface area contributed by atoms with Crippen molar-refractivity contribution in [3.05, 3.63) is 18.7 Å². The van der Waals surface area contributed by atoms with Crippen LogP contribution in [0.1, 0.15) is 52.9 Å². The van der Waals surface area contributed by atoms with Crippen molar-refractivity contribution in [2.24, 2.45) is 23.2 Å². The van der Waals surface area contributed by atoms with Gasteiger partial charge in [-0.05, 0) is 60.8 Å². The zero-order valence-corrected chi connectivity index (χ0v) is 11.8. The summed E-state index contributed by atoms with van der Waals surface area (Å²) in [5.41, 5.74) is 2.25. The number of quaternary nitrogens is 1. The molecule has 2 N–H and O–H groups in total. The fraction of sp³-hybridized carbons (Fsp3) is 0.812. The largest absolute Gasteiger partial charge is 0.475 e. The Hall–Kier alpha value is -0.300. The second kappa shape index (κ2) is 5.14. The van der Waals surface area contributed by atoms with Crippen LogP contribution in [-0.2, 0) is 0 Å². The molecule has 0 spiro atoms. The van der Waals surface area contributed by atoms with Crippen molar-refractivity contribution in [2.45, 2.75) is 52.9 Å². The molecule has 0 aliphatic heterocycles. The van der Waals surface area contributed by atoms with Gasteiger partial charge in [0.2, 0.25) is 0 Å². The molecule has 0 aromatic heterocycles. The molecule has 0 amide bonds. The highest BCUT2D eigenvalue weighted by Gasteiger charge is 2.45. The van der Waals surface area contributed by atoms with Crippen molar-refractivity contribution in [3.63, 3.8) is 0 Å². The molecule has 1 fully saturated rings. The second-order valence-corrected chi connectivity index (χ2v) is 6.80. The van der Waals surface area contributed by atoms with Gasteiger partial charge < -0.3 is 5.32 Å². The number of allylic oxidation sites excluding steroid dienone is 1. The van der Waals surface area contributed by atoms with Gasteiger partial charge in [0.05, 0.1) is 6.54 Å². The summed E-state index contributed by atoms with van der Waals surface area (Å²) in [5.74, 6) is 2.58. The van der Waals surface area contributed by atoms with Gasteiger partial charge in [0.15, 0.2) is 0 Å². The van der Waals surface area contributed by atoms with Gasteiger partial charge in [-0.3, -0.25) is 0 Å². The van der Waals surface area contributed by atoms with Crippen LogP contribution in [-0.4, -0.2) is 6.54 Å². The van der Waals surface area contributed by atoms with E-state index in [0.717, 1.165) is 24.3 Å². The fourth-order valence-electron chi connectivity index (χ4n) is 4.14. The van der Waals surface area contributed by atoms with Crippen LogP contribution in [0.15, 0.2) is 11.6 Å². The van der Waals surface area contributed by atoms with Gasteiger partial charge in [-0.1, -0.05) is 26.8 Å². The molecule has 2 rings (SSSR count). The van der Waals surface area contributed by atoms with Crippen molar-refractivity contribution in [1.82, 2.24) is 0 Å². The Bertz CT molecular complexity index is 292. The third-order valence-electron chi connectivity index (χ3n) is 5.24. The van der Waals surface area contributed by atoms with Crippen molar-refractivity contribution < 1.29 is 5.32 Å². The first-order valence-corrected chi connectivity index (χ1v) is 7.37. The van der Waals surface area contributed by atoms with Crippen LogP contribution < -0.4 is 5.32 Å². The van der Waals surface area contributed by atoms with E-state index in [4.69, 9.17) is 0 Å². The molecule has 0 aromatic carbocycles. The van der Waals surface area contributed by atoms with Gasteiger partial charge in [-0.2, -0.15) is 7.05 Å². The predicted molar refractivity (Wildman–Crippen MR) is 73.2 cm³/mol. The molecule has 0 aromatic rings. The molecular formula is C16H29N. The molecule has 1 saturated carbocycles. The van der Waals surface area contributed by atoms with Gasteiger partial charge >= 0.3 is 0 Å². The molecule has 2 aliphatic carbocycles. The summed E-state index contributed by atoms with van der Waals surface area (Å²) in [5, 5.41) is 2.08. The predicted octanol–water partition coefficient (Wildman–Crippen LogP) is 3.14. The Morgan fingerprint density at radius 1 is 1.47 bits per heavy atom. The third-order valence-corrected chi connectivity index (χ3v) is 5.24. The summed E-state index contributed by atoms with van der Waals surface area (Å²) in [4.78, 5) is 0. The highest BCUT2D eigenvalue weighted by atomic mass is 14.8. The van der Waals surface area contributed by atoms with E-state index in [1.807, 2.05) is 0 Å². The SMILES string of the molecule is [CH2-][NH2+]CC1=C[C@@H]2[C@@H](C(C)C)CC[C@]2(C)CCC1. The van der Waals surface area contributed by atoms with Crippen molar-refractivity contribution in [2.75, 3.05) is 6.54 Å². The van der Waals surface area contributed by atoms with E-state index in [1.165, 1.54) is 32.1 Å². The molecule has 98 valence electrons. The average molecular weight is 235 g/mol. The molecule has 0 unspecified atom stereocenters. The minimum absolute atomic E-state index is 0.595. The highest BCUT2D eigenvalue weighted by Crippen LogP contribution is 2.54. The number of fused-ring (bicyclic) bond motifs is 1. The lowest BCUT2D eigenvalue weighted by Gasteiger charge is -2.32. The molecule has 0 saturated heterocycles. The number of hydrogen-bond acceptors (Lipinski definition) is 0. The van der Waals surface area contributed by atoms with Crippen molar-refractivity contribution in [3.8, 4) is 0 Å². The molecule has 3 atom stereocenters. The molecule has 2 aliphatic rings. The Balaban J connectivity index is 2.23. The number of nitrogens with two attached hydrogens (primary N) is 1. The minimum Gasteiger partial charge on any atom is -0.475 e. The Kier molecular flexibility index (Phi) is 3.97. The third kappa shape index (κ3) is 2.59. The van der Waals surface area contributed by atoms with Gasteiger partial charge in [0.1, 0.15) is 0 Å².